The number of hydrogen-bond donors (Lipinski definition) is 0. The molecule has 7 heteroatoms. The van der Waals surface area contributed by atoms with E-state index >= 15 is 0 Å². The Morgan fingerprint density at radius 1 is 1.00 bits per heavy atom. The van der Waals surface area contributed by atoms with Crippen molar-refractivity contribution < 1.29 is 9.47 Å². The maximum Gasteiger partial charge on any atom is 0.262 e. The van der Waals surface area contributed by atoms with Crippen LogP contribution in [0.2, 0.25) is 0 Å². The lowest BCUT2D eigenvalue weighted by Crippen LogP contribution is -2.24. The summed E-state index contributed by atoms with van der Waals surface area (Å²) in [6.07, 6.45) is 0. The lowest BCUT2D eigenvalue weighted by Gasteiger charge is -2.15. The minimum absolute atomic E-state index is 0.0746. The van der Waals surface area contributed by atoms with E-state index in [2.05, 4.69) is 4.90 Å². The van der Waals surface area contributed by atoms with Crippen molar-refractivity contribution in [2.24, 2.45) is 0 Å². The Morgan fingerprint density at radius 3 is 2.53 bits per heavy atom. The van der Waals surface area contributed by atoms with E-state index in [1.54, 1.807) is 17.7 Å². The number of aromatic nitrogens is 2. The van der Waals surface area contributed by atoms with Gasteiger partial charge in [-0.25, -0.2) is 4.98 Å². The first kappa shape index (κ1) is 23.9. The van der Waals surface area contributed by atoms with Gasteiger partial charge in [0.15, 0.2) is 5.16 Å². The first-order chi connectivity index (χ1) is 16.5. The van der Waals surface area contributed by atoms with Crippen molar-refractivity contribution in [3.8, 4) is 11.5 Å². The fourth-order valence-corrected chi connectivity index (χ4v) is 4.58. The number of para-hydroxylation sites is 1. The van der Waals surface area contributed by atoms with Crippen LogP contribution in [0, 0.1) is 0 Å². The van der Waals surface area contributed by atoms with E-state index in [1.165, 1.54) is 11.8 Å². The highest BCUT2D eigenvalue weighted by molar-refractivity contribution is 7.98. The Kier molecular flexibility index (Phi) is 7.87. The molecule has 176 valence electrons. The number of hydrogen-bond acceptors (Lipinski definition) is 6. The molecule has 0 amide bonds. The van der Waals surface area contributed by atoms with Crippen molar-refractivity contribution in [3.63, 3.8) is 0 Å². The van der Waals surface area contributed by atoms with Crippen LogP contribution in [0.25, 0.3) is 10.9 Å². The summed E-state index contributed by atoms with van der Waals surface area (Å²) in [5.74, 6) is 2.14. The number of nitrogens with zero attached hydrogens (tertiary/aromatic N) is 3. The fraction of sp³-hybridized carbons (Fsp3) is 0.259. The monoisotopic (exact) mass is 475 g/mol. The van der Waals surface area contributed by atoms with E-state index < -0.39 is 0 Å². The van der Waals surface area contributed by atoms with Crippen LogP contribution in [0.15, 0.2) is 82.7 Å². The van der Waals surface area contributed by atoms with Crippen LogP contribution >= 0.6 is 11.8 Å². The molecule has 1 heterocycles. The van der Waals surface area contributed by atoms with E-state index in [4.69, 9.17) is 14.5 Å². The van der Waals surface area contributed by atoms with Crippen LogP contribution < -0.4 is 15.0 Å². The highest BCUT2D eigenvalue weighted by atomic mass is 32.2. The molecule has 0 aliphatic heterocycles. The number of methoxy groups -OCH3 is 1. The Hall–Kier alpha value is -3.29. The second-order valence-electron chi connectivity index (χ2n) is 8.20. The van der Waals surface area contributed by atoms with Crippen LogP contribution in [-0.4, -0.2) is 48.8 Å². The summed E-state index contributed by atoms with van der Waals surface area (Å²) in [6, 6.07) is 23.4. The summed E-state index contributed by atoms with van der Waals surface area (Å²) < 4.78 is 13.1. The molecule has 4 rings (SSSR count). The smallest absolute Gasteiger partial charge is 0.262 e. The van der Waals surface area contributed by atoms with Gasteiger partial charge in [0.1, 0.15) is 18.1 Å². The lowest BCUT2D eigenvalue weighted by molar-refractivity contribution is 0.261. The number of thioether (sulfide) groups is 1. The van der Waals surface area contributed by atoms with Gasteiger partial charge in [-0.3, -0.25) is 9.36 Å². The zero-order valence-electron chi connectivity index (χ0n) is 19.7. The molecule has 0 aliphatic carbocycles. The average molecular weight is 476 g/mol. The second-order valence-corrected chi connectivity index (χ2v) is 9.14. The predicted molar refractivity (Wildman–Crippen MR) is 138 cm³/mol. The van der Waals surface area contributed by atoms with Crippen molar-refractivity contribution in [1.82, 2.24) is 14.5 Å². The van der Waals surface area contributed by atoms with Crippen LogP contribution in [0.4, 0.5) is 0 Å². The van der Waals surface area contributed by atoms with Crippen LogP contribution in [0.1, 0.15) is 11.1 Å². The summed E-state index contributed by atoms with van der Waals surface area (Å²) in [5.41, 5.74) is 2.69. The number of likely N-dealkylation sites (N-methyl/N-ethyl adjacent to an activating group) is 1. The zero-order valence-corrected chi connectivity index (χ0v) is 20.5. The van der Waals surface area contributed by atoms with Crippen LogP contribution in [0.5, 0.6) is 11.5 Å². The summed E-state index contributed by atoms with van der Waals surface area (Å²) in [4.78, 5) is 20.6. The van der Waals surface area contributed by atoms with Gasteiger partial charge in [-0.15, -0.1) is 0 Å². The topological polar surface area (TPSA) is 56.6 Å². The van der Waals surface area contributed by atoms with Crippen molar-refractivity contribution in [3.05, 3.63) is 94.3 Å². The first-order valence-electron chi connectivity index (χ1n) is 11.2. The quantitative estimate of drug-likeness (QED) is 0.245. The standard InChI is InChI=1S/C27H29N3O3S/c1-29(2)15-16-33-22-13-14-24-23(17-22)26(31)30(18-20-9-5-4-6-10-20)27(28-24)34-19-21-11-7-8-12-25(21)32-3/h4-14,17H,15-16,18-19H2,1-3H3. The number of ether oxygens (including phenoxy) is 2. The zero-order chi connectivity index (χ0) is 23.9. The minimum atomic E-state index is -0.0746. The Bertz CT molecular complexity index is 1310. The molecule has 0 bridgehead atoms. The fourth-order valence-electron chi connectivity index (χ4n) is 3.60. The van der Waals surface area contributed by atoms with Gasteiger partial charge in [0, 0.05) is 17.9 Å². The Morgan fingerprint density at radius 2 is 1.76 bits per heavy atom. The highest BCUT2D eigenvalue weighted by Gasteiger charge is 2.14. The molecule has 0 atom stereocenters. The second kappa shape index (κ2) is 11.2. The van der Waals surface area contributed by atoms with Crippen LogP contribution in [-0.2, 0) is 12.3 Å². The van der Waals surface area contributed by atoms with Gasteiger partial charge in [-0.2, -0.15) is 0 Å². The van der Waals surface area contributed by atoms with Crippen molar-refractivity contribution in [1.29, 1.82) is 0 Å². The Labute approximate surface area is 204 Å². The largest absolute Gasteiger partial charge is 0.496 e. The van der Waals surface area contributed by atoms with E-state index in [-0.39, 0.29) is 5.56 Å². The van der Waals surface area contributed by atoms with E-state index in [9.17, 15) is 4.79 Å². The third-order valence-electron chi connectivity index (χ3n) is 5.43. The summed E-state index contributed by atoms with van der Waals surface area (Å²) in [5, 5.41) is 1.23. The third-order valence-corrected chi connectivity index (χ3v) is 6.46. The maximum atomic E-state index is 13.6. The maximum absolute atomic E-state index is 13.6. The van der Waals surface area contributed by atoms with E-state index in [0.29, 0.717) is 40.7 Å². The van der Waals surface area contributed by atoms with Gasteiger partial charge < -0.3 is 14.4 Å². The van der Waals surface area contributed by atoms with Crippen molar-refractivity contribution in [2.45, 2.75) is 17.5 Å². The Balaban J connectivity index is 1.70. The lowest BCUT2D eigenvalue weighted by atomic mass is 10.2. The van der Waals surface area contributed by atoms with Gasteiger partial charge in [-0.05, 0) is 43.9 Å². The van der Waals surface area contributed by atoms with E-state index in [0.717, 1.165) is 23.4 Å². The molecular formula is C27H29N3O3S. The first-order valence-corrected chi connectivity index (χ1v) is 12.1. The summed E-state index contributed by atoms with van der Waals surface area (Å²) in [7, 11) is 5.67. The molecule has 34 heavy (non-hydrogen) atoms. The van der Waals surface area contributed by atoms with Crippen molar-refractivity contribution >= 4 is 22.7 Å². The summed E-state index contributed by atoms with van der Waals surface area (Å²) >= 11 is 1.53. The molecule has 0 aliphatic rings. The predicted octanol–water partition coefficient (Wildman–Crippen LogP) is 4.69. The molecule has 3 aromatic carbocycles. The molecule has 1 aromatic heterocycles. The number of fused-ring (bicyclic) bond motifs is 1. The van der Waals surface area contributed by atoms with Gasteiger partial charge in [-0.1, -0.05) is 60.3 Å². The SMILES string of the molecule is COc1ccccc1CSc1nc2ccc(OCCN(C)C)cc2c(=O)n1Cc1ccccc1. The van der Waals surface area contributed by atoms with Crippen molar-refractivity contribution in [2.75, 3.05) is 34.4 Å². The minimum Gasteiger partial charge on any atom is -0.496 e. The number of benzene rings is 3. The van der Waals surface area contributed by atoms with Crippen LogP contribution in [0.3, 0.4) is 0 Å². The highest BCUT2D eigenvalue weighted by Crippen LogP contribution is 2.28. The number of rotatable bonds is 10. The van der Waals surface area contributed by atoms with Gasteiger partial charge in [0.05, 0.1) is 24.6 Å². The molecule has 0 saturated heterocycles. The molecule has 6 nitrogen and oxygen atoms in total. The molecule has 0 radical (unpaired) electrons. The van der Waals surface area contributed by atoms with E-state index in [1.807, 2.05) is 80.8 Å². The molecule has 0 saturated carbocycles. The average Bonchev–Trinajstić information content (AvgIpc) is 2.85. The molecule has 0 fully saturated rings. The normalized spacial score (nSPS) is 11.2. The summed E-state index contributed by atoms with van der Waals surface area (Å²) in [6.45, 7) is 1.80. The van der Waals surface area contributed by atoms with Gasteiger partial charge in [0.2, 0.25) is 0 Å². The molecule has 4 aromatic rings. The molecular weight excluding hydrogens is 446 g/mol. The molecule has 0 N–H and O–H groups in total. The van der Waals surface area contributed by atoms with Gasteiger partial charge in [0.25, 0.3) is 5.56 Å². The third kappa shape index (κ3) is 5.79. The molecule has 0 unspecified atom stereocenters. The molecule has 0 spiro atoms. The van der Waals surface area contributed by atoms with Gasteiger partial charge >= 0.3 is 0 Å².